The molecule has 2 rings (SSSR count). The van der Waals surface area contributed by atoms with E-state index in [1.165, 1.54) is 0 Å². The predicted octanol–water partition coefficient (Wildman–Crippen LogP) is 1.18. The first-order valence-electron chi connectivity index (χ1n) is 6.65. The summed E-state index contributed by atoms with van der Waals surface area (Å²) in [4.78, 5) is 29.0. The summed E-state index contributed by atoms with van der Waals surface area (Å²) in [5.41, 5.74) is 5.67. The predicted molar refractivity (Wildman–Crippen MR) is 74.7 cm³/mol. The molecule has 1 unspecified atom stereocenters. The van der Waals surface area contributed by atoms with Crippen LogP contribution in [0.25, 0.3) is 0 Å². The summed E-state index contributed by atoms with van der Waals surface area (Å²) >= 11 is 0. The maximum absolute atomic E-state index is 11.5. The fraction of sp³-hybridized carbons (Fsp3) is 0.500. The summed E-state index contributed by atoms with van der Waals surface area (Å²) in [5.74, 6) is -0.656. The molecule has 0 bridgehead atoms. The van der Waals surface area contributed by atoms with Crippen molar-refractivity contribution in [2.24, 2.45) is 11.1 Å². The Morgan fingerprint density at radius 1 is 1.50 bits per heavy atom. The minimum absolute atomic E-state index is 0.400. The third-order valence-corrected chi connectivity index (χ3v) is 4.03. The van der Waals surface area contributed by atoms with Crippen LogP contribution in [-0.4, -0.2) is 35.1 Å². The van der Waals surface area contributed by atoms with E-state index in [0.717, 1.165) is 0 Å². The van der Waals surface area contributed by atoms with Crippen molar-refractivity contribution in [3.63, 3.8) is 0 Å². The van der Waals surface area contributed by atoms with Crippen molar-refractivity contribution in [2.75, 3.05) is 18.0 Å². The second-order valence-corrected chi connectivity index (χ2v) is 5.33. The Balaban J connectivity index is 2.30. The van der Waals surface area contributed by atoms with Crippen LogP contribution in [0.4, 0.5) is 5.82 Å². The Hall–Kier alpha value is -2.11. The van der Waals surface area contributed by atoms with Crippen LogP contribution in [-0.2, 0) is 4.79 Å². The zero-order chi connectivity index (χ0) is 14.9. The summed E-state index contributed by atoms with van der Waals surface area (Å²) in [5, 5.41) is 9.40. The van der Waals surface area contributed by atoms with Gasteiger partial charge in [0.25, 0.3) is 0 Å². The molecule has 1 fully saturated rings. The summed E-state index contributed by atoms with van der Waals surface area (Å²) in [6.45, 7) is 4.70. The highest BCUT2D eigenvalue weighted by Gasteiger charge is 2.43. The van der Waals surface area contributed by atoms with E-state index in [1.807, 2.05) is 11.8 Å². The van der Waals surface area contributed by atoms with Crippen molar-refractivity contribution in [2.45, 2.75) is 26.7 Å². The molecule has 0 aromatic carbocycles. The fourth-order valence-corrected chi connectivity index (χ4v) is 2.64. The molecule has 0 radical (unpaired) electrons. The van der Waals surface area contributed by atoms with Gasteiger partial charge in [-0.05, 0) is 31.9 Å². The highest BCUT2D eigenvalue weighted by molar-refractivity contribution is 5.93. The number of rotatable bonds is 4. The van der Waals surface area contributed by atoms with Crippen LogP contribution in [0.5, 0.6) is 0 Å². The number of nitrogens with two attached hydrogens (primary N) is 1. The van der Waals surface area contributed by atoms with Gasteiger partial charge in [-0.1, -0.05) is 6.92 Å². The highest BCUT2D eigenvalue weighted by atomic mass is 16.4. The molecule has 108 valence electrons. The SMILES string of the molecule is CCC1(C(=O)O)CCN(c2cc(C(N)=O)cc(C)n2)C1. The van der Waals surface area contributed by atoms with E-state index in [2.05, 4.69) is 4.98 Å². The van der Waals surface area contributed by atoms with E-state index in [-0.39, 0.29) is 0 Å². The van der Waals surface area contributed by atoms with E-state index in [4.69, 9.17) is 5.73 Å². The maximum Gasteiger partial charge on any atom is 0.311 e. The van der Waals surface area contributed by atoms with E-state index < -0.39 is 17.3 Å². The van der Waals surface area contributed by atoms with Gasteiger partial charge >= 0.3 is 5.97 Å². The van der Waals surface area contributed by atoms with Crippen LogP contribution >= 0.6 is 0 Å². The van der Waals surface area contributed by atoms with Gasteiger partial charge in [-0.3, -0.25) is 9.59 Å². The molecule has 2 heterocycles. The first-order valence-corrected chi connectivity index (χ1v) is 6.65. The van der Waals surface area contributed by atoms with Crippen molar-refractivity contribution in [1.29, 1.82) is 0 Å². The van der Waals surface area contributed by atoms with E-state index >= 15 is 0 Å². The molecule has 1 saturated heterocycles. The van der Waals surface area contributed by atoms with Gasteiger partial charge in [0.15, 0.2) is 0 Å². The molecule has 3 N–H and O–H groups in total. The standard InChI is InChI=1S/C14H19N3O3/c1-3-14(13(19)20)4-5-17(8-14)11-7-10(12(15)18)6-9(2)16-11/h6-7H,3-5,8H2,1-2H3,(H2,15,18)(H,19,20). The third-order valence-electron chi connectivity index (χ3n) is 4.03. The van der Waals surface area contributed by atoms with Crippen molar-refractivity contribution in [1.82, 2.24) is 4.98 Å². The second kappa shape index (κ2) is 5.11. The average molecular weight is 277 g/mol. The number of nitrogens with zero attached hydrogens (tertiary/aromatic N) is 2. The number of amides is 1. The molecule has 1 aromatic heterocycles. The Morgan fingerprint density at radius 2 is 2.20 bits per heavy atom. The molecule has 0 aliphatic carbocycles. The van der Waals surface area contributed by atoms with Crippen LogP contribution in [0, 0.1) is 12.3 Å². The average Bonchev–Trinajstić information content (AvgIpc) is 2.83. The van der Waals surface area contributed by atoms with Crippen molar-refractivity contribution >= 4 is 17.7 Å². The van der Waals surface area contributed by atoms with Crippen LogP contribution < -0.4 is 10.6 Å². The number of pyridine rings is 1. The maximum atomic E-state index is 11.5. The van der Waals surface area contributed by atoms with Crippen molar-refractivity contribution in [3.05, 3.63) is 23.4 Å². The number of carbonyl (C=O) groups excluding carboxylic acids is 1. The summed E-state index contributed by atoms with van der Waals surface area (Å²) < 4.78 is 0. The minimum atomic E-state index is -0.773. The highest BCUT2D eigenvalue weighted by Crippen LogP contribution is 2.36. The smallest absolute Gasteiger partial charge is 0.311 e. The quantitative estimate of drug-likeness (QED) is 0.861. The summed E-state index contributed by atoms with van der Waals surface area (Å²) in [7, 11) is 0. The lowest BCUT2D eigenvalue weighted by molar-refractivity contribution is -0.147. The molecule has 1 amide bonds. The summed E-state index contributed by atoms with van der Waals surface area (Å²) in [6, 6.07) is 3.26. The first-order chi connectivity index (χ1) is 9.38. The van der Waals surface area contributed by atoms with Crippen LogP contribution in [0.2, 0.25) is 0 Å². The van der Waals surface area contributed by atoms with Crippen LogP contribution in [0.1, 0.15) is 35.8 Å². The lowest BCUT2D eigenvalue weighted by atomic mass is 9.84. The Bertz CT molecular complexity index is 559. The molecule has 1 atom stereocenters. The molecule has 0 spiro atoms. The number of aromatic nitrogens is 1. The van der Waals surface area contributed by atoms with Crippen molar-refractivity contribution in [3.8, 4) is 0 Å². The monoisotopic (exact) mass is 277 g/mol. The lowest BCUT2D eigenvalue weighted by Crippen LogP contribution is -2.34. The number of aryl methyl sites for hydroxylation is 1. The number of carbonyl (C=O) groups is 2. The van der Waals surface area contributed by atoms with Gasteiger partial charge in [-0.25, -0.2) is 4.98 Å². The number of anilines is 1. The van der Waals surface area contributed by atoms with Gasteiger partial charge in [0, 0.05) is 24.3 Å². The molecular formula is C14H19N3O3. The van der Waals surface area contributed by atoms with Crippen LogP contribution in [0.3, 0.4) is 0 Å². The van der Waals surface area contributed by atoms with E-state index in [0.29, 0.717) is 43.0 Å². The Morgan fingerprint density at radius 3 is 2.70 bits per heavy atom. The lowest BCUT2D eigenvalue weighted by Gasteiger charge is -2.24. The van der Waals surface area contributed by atoms with Crippen LogP contribution in [0.15, 0.2) is 12.1 Å². The number of aliphatic carboxylic acids is 1. The number of hydrogen-bond acceptors (Lipinski definition) is 4. The van der Waals surface area contributed by atoms with Gasteiger partial charge < -0.3 is 15.7 Å². The molecule has 20 heavy (non-hydrogen) atoms. The number of carboxylic acids is 1. The largest absolute Gasteiger partial charge is 0.481 e. The van der Waals surface area contributed by atoms with E-state index in [9.17, 15) is 14.7 Å². The number of hydrogen-bond donors (Lipinski definition) is 2. The molecule has 1 aliphatic rings. The fourth-order valence-electron chi connectivity index (χ4n) is 2.64. The molecular weight excluding hydrogens is 258 g/mol. The minimum Gasteiger partial charge on any atom is -0.481 e. The molecule has 6 heteroatoms. The molecule has 6 nitrogen and oxygen atoms in total. The van der Waals surface area contributed by atoms with Gasteiger partial charge in [0.2, 0.25) is 5.91 Å². The molecule has 1 aromatic rings. The van der Waals surface area contributed by atoms with Gasteiger partial charge in [0.05, 0.1) is 5.41 Å². The van der Waals surface area contributed by atoms with Gasteiger partial charge in [0.1, 0.15) is 5.82 Å². The third kappa shape index (κ3) is 2.45. The zero-order valence-corrected chi connectivity index (χ0v) is 11.7. The van der Waals surface area contributed by atoms with E-state index in [1.54, 1.807) is 19.1 Å². The molecule has 0 saturated carbocycles. The summed E-state index contributed by atoms with van der Waals surface area (Å²) in [6.07, 6.45) is 1.16. The zero-order valence-electron chi connectivity index (χ0n) is 11.7. The Kier molecular flexibility index (Phi) is 3.65. The van der Waals surface area contributed by atoms with Gasteiger partial charge in [-0.2, -0.15) is 0 Å². The number of carboxylic acid groups (broad SMARTS) is 1. The second-order valence-electron chi connectivity index (χ2n) is 5.33. The van der Waals surface area contributed by atoms with Crippen molar-refractivity contribution < 1.29 is 14.7 Å². The normalized spacial score (nSPS) is 22.0. The topological polar surface area (TPSA) is 96.5 Å². The number of primary amides is 1. The Labute approximate surface area is 117 Å². The van der Waals surface area contributed by atoms with Gasteiger partial charge in [-0.15, -0.1) is 0 Å². The molecule has 1 aliphatic heterocycles. The first kappa shape index (κ1) is 14.3.